The maximum atomic E-state index is 10.7. The highest BCUT2D eigenvalue weighted by Crippen LogP contribution is 1.95. The van der Waals surface area contributed by atoms with Crippen LogP contribution in [-0.4, -0.2) is 12.0 Å². The van der Waals surface area contributed by atoms with Gasteiger partial charge in [0.25, 0.3) is 0 Å². The molecule has 0 saturated carbocycles. The number of nitrogens with zero attached hydrogens (tertiary/aromatic N) is 3. The van der Waals surface area contributed by atoms with Gasteiger partial charge in [-0.1, -0.05) is 13.3 Å². The van der Waals surface area contributed by atoms with Crippen molar-refractivity contribution in [1.29, 1.82) is 0 Å². The molecule has 0 amide bonds. The second kappa shape index (κ2) is 5.52. The van der Waals surface area contributed by atoms with Crippen molar-refractivity contribution in [3.8, 4) is 0 Å². The number of carbonyl (C=O) groups is 1. The van der Waals surface area contributed by atoms with Gasteiger partial charge < -0.3 is 10.6 Å². The molecule has 0 heterocycles. The van der Waals surface area contributed by atoms with Crippen LogP contribution in [0.25, 0.3) is 10.4 Å². The van der Waals surface area contributed by atoms with Crippen molar-refractivity contribution in [2.24, 2.45) is 11.0 Å². The predicted molar refractivity (Wildman–Crippen MR) is 38.1 cm³/mol. The van der Waals surface area contributed by atoms with Crippen LogP contribution in [0, 0.1) is 0 Å². The van der Waals surface area contributed by atoms with Crippen LogP contribution in [0.1, 0.15) is 19.8 Å². The summed E-state index contributed by atoms with van der Waals surface area (Å²) in [6, 6.07) is -0.689. The highest BCUT2D eigenvalue weighted by molar-refractivity contribution is 5.75. The van der Waals surface area contributed by atoms with Gasteiger partial charge in [-0.3, -0.25) is 0 Å². The zero-order chi connectivity index (χ0) is 8.69. The first-order chi connectivity index (χ1) is 5.22. The Balaban J connectivity index is 3.72. The predicted octanol–water partition coefficient (Wildman–Crippen LogP) is 0.882. The maximum Gasteiger partial charge on any atom is 0.334 e. The van der Waals surface area contributed by atoms with Crippen LogP contribution in [0.4, 0.5) is 0 Å². The molecule has 0 radical (unpaired) electrons. The molecule has 0 aromatic rings. The first-order valence-electron chi connectivity index (χ1n) is 3.23. The Bertz CT molecular complexity index is 175. The summed E-state index contributed by atoms with van der Waals surface area (Å²) in [6.07, 6.45) is 1.31. The average Bonchev–Trinajstić information content (AvgIpc) is 2.00. The van der Waals surface area contributed by atoms with Crippen LogP contribution in [0.2, 0.25) is 0 Å². The Hall–Kier alpha value is -1.26. The summed E-state index contributed by atoms with van der Waals surface area (Å²) >= 11 is 0. The van der Waals surface area contributed by atoms with Crippen molar-refractivity contribution in [3.05, 3.63) is 10.4 Å². The fourth-order valence-corrected chi connectivity index (χ4v) is 0.555. The monoisotopic (exact) mass is 158 g/mol. The summed E-state index contributed by atoms with van der Waals surface area (Å²) in [7, 11) is 0. The number of rotatable bonds is 4. The van der Waals surface area contributed by atoms with Gasteiger partial charge in [-0.25, -0.2) is 4.79 Å². The summed E-state index contributed by atoms with van der Waals surface area (Å²) in [5.41, 5.74) is 13.1. The molecule has 11 heavy (non-hydrogen) atoms. The molecule has 2 N–H and O–H groups in total. The van der Waals surface area contributed by atoms with Crippen molar-refractivity contribution in [2.45, 2.75) is 25.8 Å². The van der Waals surface area contributed by atoms with E-state index in [2.05, 4.69) is 15.0 Å². The van der Waals surface area contributed by atoms with E-state index in [9.17, 15) is 4.79 Å². The van der Waals surface area contributed by atoms with Crippen LogP contribution >= 0.6 is 0 Å². The Morgan fingerprint density at radius 2 is 2.55 bits per heavy atom. The first kappa shape index (κ1) is 9.74. The van der Waals surface area contributed by atoms with E-state index in [0.717, 1.165) is 6.42 Å². The van der Waals surface area contributed by atoms with Gasteiger partial charge in [0.05, 0.1) is 0 Å². The number of nitrogens with two attached hydrogens (primary N) is 1. The van der Waals surface area contributed by atoms with E-state index in [1.807, 2.05) is 6.92 Å². The van der Waals surface area contributed by atoms with E-state index < -0.39 is 12.0 Å². The van der Waals surface area contributed by atoms with E-state index in [-0.39, 0.29) is 0 Å². The van der Waals surface area contributed by atoms with Gasteiger partial charge in [0.2, 0.25) is 0 Å². The van der Waals surface area contributed by atoms with Gasteiger partial charge in [-0.15, -0.1) is 0 Å². The molecular weight excluding hydrogens is 148 g/mol. The highest BCUT2D eigenvalue weighted by Gasteiger charge is 2.12. The van der Waals surface area contributed by atoms with E-state index in [0.29, 0.717) is 6.42 Å². The standard InChI is InChI=1S/C5H10N4O2/c1-2-3-4(6)5(10)11-9-8-7/h4H,2-3,6H2,1H3/t4-/m0/s1. The molecular formula is C5H10N4O2. The lowest BCUT2D eigenvalue weighted by Crippen LogP contribution is -2.30. The van der Waals surface area contributed by atoms with Crippen LogP contribution in [0.3, 0.4) is 0 Å². The van der Waals surface area contributed by atoms with Crippen LogP contribution < -0.4 is 5.73 Å². The van der Waals surface area contributed by atoms with Crippen molar-refractivity contribution in [1.82, 2.24) is 0 Å². The smallest absolute Gasteiger partial charge is 0.334 e. The highest BCUT2D eigenvalue weighted by atomic mass is 16.7. The summed E-state index contributed by atoms with van der Waals surface area (Å²) in [5.74, 6) is -0.690. The average molecular weight is 158 g/mol. The van der Waals surface area contributed by atoms with Crippen molar-refractivity contribution < 1.29 is 9.63 Å². The first-order valence-corrected chi connectivity index (χ1v) is 3.23. The molecule has 1 atom stereocenters. The normalized spacial score (nSPS) is 11.5. The third-order valence-corrected chi connectivity index (χ3v) is 1.07. The minimum Gasteiger partial charge on any atom is -0.357 e. The van der Waals surface area contributed by atoms with Crippen molar-refractivity contribution in [3.63, 3.8) is 0 Å². The Morgan fingerprint density at radius 1 is 1.91 bits per heavy atom. The molecule has 0 spiro atoms. The van der Waals surface area contributed by atoms with Gasteiger partial charge in [0, 0.05) is 4.91 Å². The van der Waals surface area contributed by atoms with Crippen LogP contribution in [0.15, 0.2) is 5.28 Å². The number of carbonyl (C=O) groups excluding carboxylic acids is 1. The molecule has 0 aromatic carbocycles. The number of hydrogen-bond donors (Lipinski definition) is 1. The Labute approximate surface area is 63.9 Å². The molecule has 0 aliphatic carbocycles. The van der Waals surface area contributed by atoms with Gasteiger partial charge >= 0.3 is 5.97 Å². The lowest BCUT2D eigenvalue weighted by Gasteiger charge is -2.04. The molecule has 6 nitrogen and oxygen atoms in total. The molecule has 0 aliphatic rings. The van der Waals surface area contributed by atoms with E-state index >= 15 is 0 Å². The van der Waals surface area contributed by atoms with E-state index in [1.54, 1.807) is 0 Å². The SMILES string of the molecule is CCC[C@H](N)C(=O)ON=[N+]=[N-]. The molecule has 0 bridgehead atoms. The minimum atomic E-state index is -0.690. The molecule has 0 unspecified atom stereocenters. The Morgan fingerprint density at radius 3 is 3.00 bits per heavy atom. The quantitative estimate of drug-likeness (QED) is 0.284. The zero-order valence-electron chi connectivity index (χ0n) is 6.23. The number of azide groups is 1. The van der Waals surface area contributed by atoms with Gasteiger partial charge in [-0.2, -0.15) is 0 Å². The summed E-state index contributed by atoms with van der Waals surface area (Å²) in [6.45, 7) is 1.89. The summed E-state index contributed by atoms with van der Waals surface area (Å²) in [5, 5.41) is 2.63. The van der Waals surface area contributed by atoms with Gasteiger partial charge in [-0.05, 0) is 12.0 Å². The molecule has 62 valence electrons. The molecule has 6 heteroatoms. The molecule has 0 rings (SSSR count). The van der Waals surface area contributed by atoms with Gasteiger partial charge in [0.15, 0.2) is 0 Å². The maximum absolute atomic E-state index is 10.7. The third kappa shape index (κ3) is 4.19. The second-order valence-electron chi connectivity index (χ2n) is 1.98. The third-order valence-electron chi connectivity index (χ3n) is 1.07. The van der Waals surface area contributed by atoms with Gasteiger partial charge in [0.1, 0.15) is 11.3 Å². The molecule has 0 aromatic heterocycles. The topological polar surface area (TPSA) is 101 Å². The fraction of sp³-hybridized carbons (Fsp3) is 0.800. The molecule has 0 aliphatic heterocycles. The van der Waals surface area contributed by atoms with E-state index in [1.165, 1.54) is 0 Å². The lowest BCUT2D eigenvalue weighted by atomic mass is 10.2. The Kier molecular flexibility index (Phi) is 4.89. The lowest BCUT2D eigenvalue weighted by molar-refractivity contribution is -0.145. The second-order valence-corrected chi connectivity index (χ2v) is 1.98. The van der Waals surface area contributed by atoms with Crippen molar-refractivity contribution in [2.75, 3.05) is 0 Å². The minimum absolute atomic E-state index is 0.528. The zero-order valence-corrected chi connectivity index (χ0v) is 6.23. The molecule has 0 saturated heterocycles. The fourth-order valence-electron chi connectivity index (χ4n) is 0.555. The van der Waals surface area contributed by atoms with Crippen molar-refractivity contribution >= 4 is 5.97 Å². The summed E-state index contributed by atoms with van der Waals surface area (Å²) in [4.78, 5) is 17.0. The van der Waals surface area contributed by atoms with Crippen LogP contribution in [0.5, 0.6) is 0 Å². The molecule has 0 fully saturated rings. The number of hydrogen-bond acceptors (Lipinski definition) is 4. The summed E-state index contributed by atoms with van der Waals surface area (Å²) < 4.78 is 0. The van der Waals surface area contributed by atoms with Crippen LogP contribution in [-0.2, 0) is 9.63 Å². The largest absolute Gasteiger partial charge is 0.357 e. The van der Waals surface area contributed by atoms with E-state index in [4.69, 9.17) is 11.3 Å².